The van der Waals surface area contributed by atoms with Crippen LogP contribution in [0.2, 0.25) is 0 Å². The number of carbonyl (C=O) groups excluding carboxylic acids is 2. The van der Waals surface area contributed by atoms with E-state index in [1.165, 1.54) is 38.5 Å². The first-order valence-electron chi connectivity index (χ1n) is 12.5. The van der Waals surface area contributed by atoms with E-state index in [2.05, 4.69) is 27.7 Å². The van der Waals surface area contributed by atoms with Gasteiger partial charge in [0.2, 0.25) is 5.91 Å². The van der Waals surface area contributed by atoms with Crippen molar-refractivity contribution in [3.8, 4) is 0 Å². The van der Waals surface area contributed by atoms with Crippen LogP contribution in [0.1, 0.15) is 98.3 Å². The summed E-state index contributed by atoms with van der Waals surface area (Å²) in [6, 6.07) is 0. The van der Waals surface area contributed by atoms with Crippen LogP contribution in [0, 0.1) is 34.0 Å². The molecule has 4 aliphatic carbocycles. The number of ketones is 1. The number of Topliss-reactive ketones (excluding diaryl/α,β-unsaturated/α-hetero) is 1. The Kier molecular flexibility index (Phi) is 5.51. The summed E-state index contributed by atoms with van der Waals surface area (Å²) in [6.07, 6.45) is 11.9. The van der Waals surface area contributed by atoms with Crippen LogP contribution in [0.4, 0.5) is 0 Å². The second kappa shape index (κ2) is 7.48. The Bertz CT molecular complexity index is 767. The van der Waals surface area contributed by atoms with Gasteiger partial charge in [0, 0.05) is 33.4 Å². The molecule has 0 N–H and O–H groups in total. The van der Waals surface area contributed by atoms with Gasteiger partial charge in [0.25, 0.3) is 0 Å². The number of amides is 1. The molecule has 0 aromatic heterocycles. The van der Waals surface area contributed by atoms with Crippen LogP contribution in [-0.2, 0) is 9.59 Å². The van der Waals surface area contributed by atoms with Crippen molar-refractivity contribution in [1.29, 1.82) is 0 Å². The molecule has 168 valence electrons. The molecule has 0 spiro atoms. The van der Waals surface area contributed by atoms with Gasteiger partial charge in [-0.2, -0.15) is 0 Å². The van der Waals surface area contributed by atoms with Crippen molar-refractivity contribution in [1.82, 2.24) is 4.90 Å². The molecule has 0 saturated heterocycles. The fraction of sp³-hybridized carbons (Fsp3) is 0.852. The van der Waals surface area contributed by atoms with Crippen molar-refractivity contribution < 1.29 is 9.59 Å². The topological polar surface area (TPSA) is 37.4 Å². The van der Waals surface area contributed by atoms with E-state index in [-0.39, 0.29) is 16.7 Å². The summed E-state index contributed by atoms with van der Waals surface area (Å²) in [5.74, 6) is 2.84. The Balaban J connectivity index is 1.56. The maximum Gasteiger partial charge on any atom is 0.222 e. The van der Waals surface area contributed by atoms with Crippen LogP contribution >= 0.6 is 0 Å². The molecule has 3 heteroatoms. The number of hydrogen-bond acceptors (Lipinski definition) is 2. The number of carbonyl (C=O) groups is 2. The highest BCUT2D eigenvalue weighted by Crippen LogP contribution is 2.68. The number of allylic oxidation sites excluding steroid dienone is 2. The van der Waals surface area contributed by atoms with E-state index in [1.54, 1.807) is 16.0 Å². The van der Waals surface area contributed by atoms with E-state index >= 15 is 0 Å². The summed E-state index contributed by atoms with van der Waals surface area (Å²) in [7, 11) is 3.73. The fourth-order valence-electron chi connectivity index (χ4n) is 8.33. The van der Waals surface area contributed by atoms with Crippen molar-refractivity contribution in [3.05, 3.63) is 11.1 Å². The number of rotatable bonds is 4. The van der Waals surface area contributed by atoms with Crippen LogP contribution in [-0.4, -0.2) is 30.7 Å². The van der Waals surface area contributed by atoms with Crippen LogP contribution in [0.15, 0.2) is 11.1 Å². The molecule has 30 heavy (non-hydrogen) atoms. The molecule has 2 saturated carbocycles. The zero-order chi connectivity index (χ0) is 21.9. The van der Waals surface area contributed by atoms with Gasteiger partial charge in [-0.1, -0.05) is 38.8 Å². The van der Waals surface area contributed by atoms with E-state index in [4.69, 9.17) is 0 Å². The monoisotopic (exact) mass is 413 g/mol. The SMILES string of the molecule is C[C@H](CCC(=O)N(C)C)[C@H]1CC[C@H]2C3=C(CC[C@]12C)[C@@]1(C)CCC(=O)C[C@@]1(C)CC3. The van der Waals surface area contributed by atoms with Gasteiger partial charge in [-0.15, -0.1) is 0 Å². The van der Waals surface area contributed by atoms with Crippen molar-refractivity contribution in [2.75, 3.05) is 14.1 Å². The van der Waals surface area contributed by atoms with Crippen LogP contribution in [0.3, 0.4) is 0 Å². The molecule has 6 atom stereocenters. The van der Waals surface area contributed by atoms with E-state index in [9.17, 15) is 9.59 Å². The van der Waals surface area contributed by atoms with Gasteiger partial charge in [0.05, 0.1) is 0 Å². The smallest absolute Gasteiger partial charge is 0.222 e. The third kappa shape index (κ3) is 3.21. The highest BCUT2D eigenvalue weighted by atomic mass is 16.2. The van der Waals surface area contributed by atoms with Crippen LogP contribution < -0.4 is 0 Å². The van der Waals surface area contributed by atoms with Gasteiger partial charge in [0.1, 0.15) is 5.78 Å². The summed E-state index contributed by atoms with van der Waals surface area (Å²) in [5.41, 5.74) is 4.37. The molecule has 0 aliphatic heterocycles. The molecule has 3 nitrogen and oxygen atoms in total. The number of fused-ring (bicyclic) bond motifs is 4. The van der Waals surface area contributed by atoms with E-state index < -0.39 is 0 Å². The molecule has 0 bridgehead atoms. The Morgan fingerprint density at radius 3 is 2.50 bits per heavy atom. The standard InChI is InChI=1S/C27H43NO2/c1-18(7-10-24(30)28(5)6)21-8-9-22-20-12-14-25(2)17-19(29)11-16-27(25,4)23(20)13-15-26(21,22)3/h18,21-22H,7-17H2,1-6H3/t18-,21-,22+,25-,26-,27-/m1/s1. The predicted molar refractivity (Wildman–Crippen MR) is 122 cm³/mol. The summed E-state index contributed by atoms with van der Waals surface area (Å²) in [5, 5.41) is 0. The molecular weight excluding hydrogens is 370 g/mol. The molecule has 4 rings (SSSR count). The van der Waals surface area contributed by atoms with Crippen molar-refractivity contribution in [3.63, 3.8) is 0 Å². The Morgan fingerprint density at radius 1 is 1.07 bits per heavy atom. The fourth-order valence-corrected chi connectivity index (χ4v) is 8.33. The summed E-state index contributed by atoms with van der Waals surface area (Å²) in [6.45, 7) is 9.88. The Hall–Kier alpha value is -1.12. The minimum absolute atomic E-state index is 0.173. The van der Waals surface area contributed by atoms with Gasteiger partial charge >= 0.3 is 0 Å². The van der Waals surface area contributed by atoms with Gasteiger partial charge < -0.3 is 4.90 Å². The number of hydrogen-bond donors (Lipinski definition) is 0. The molecule has 4 aliphatic rings. The van der Waals surface area contributed by atoms with Crippen molar-refractivity contribution in [2.24, 2.45) is 34.0 Å². The summed E-state index contributed by atoms with van der Waals surface area (Å²) < 4.78 is 0. The van der Waals surface area contributed by atoms with Gasteiger partial charge in [-0.25, -0.2) is 0 Å². The predicted octanol–water partition coefficient (Wildman–Crippen LogP) is 6.17. The normalized spacial score (nSPS) is 41.7. The Labute approximate surface area is 184 Å². The zero-order valence-corrected chi connectivity index (χ0v) is 20.3. The first kappa shape index (κ1) is 22.1. The summed E-state index contributed by atoms with van der Waals surface area (Å²) in [4.78, 5) is 26.1. The van der Waals surface area contributed by atoms with Gasteiger partial charge in [-0.3, -0.25) is 9.59 Å². The average molecular weight is 414 g/mol. The van der Waals surface area contributed by atoms with Crippen LogP contribution in [0.5, 0.6) is 0 Å². The third-order valence-electron chi connectivity index (χ3n) is 10.6. The lowest BCUT2D eigenvalue weighted by atomic mass is 9.45. The van der Waals surface area contributed by atoms with Crippen molar-refractivity contribution in [2.45, 2.75) is 98.3 Å². The highest BCUT2D eigenvalue weighted by Gasteiger charge is 2.59. The molecule has 0 unspecified atom stereocenters. The third-order valence-corrected chi connectivity index (χ3v) is 10.6. The quantitative estimate of drug-likeness (QED) is 0.517. The highest BCUT2D eigenvalue weighted by molar-refractivity contribution is 5.80. The second-order valence-corrected chi connectivity index (χ2v) is 12.2. The lowest BCUT2D eigenvalue weighted by Gasteiger charge is -2.59. The second-order valence-electron chi connectivity index (χ2n) is 12.2. The average Bonchev–Trinajstić information content (AvgIpc) is 3.04. The van der Waals surface area contributed by atoms with E-state index in [1.807, 2.05) is 14.1 Å². The maximum atomic E-state index is 12.3. The van der Waals surface area contributed by atoms with Crippen molar-refractivity contribution >= 4 is 11.7 Å². The molecule has 1 amide bonds. The molecular formula is C27H43NO2. The first-order chi connectivity index (χ1) is 14.0. The minimum Gasteiger partial charge on any atom is -0.349 e. The lowest BCUT2D eigenvalue weighted by Crippen LogP contribution is -2.50. The molecule has 0 aromatic rings. The summed E-state index contributed by atoms with van der Waals surface area (Å²) >= 11 is 0. The van der Waals surface area contributed by atoms with E-state index in [0.29, 0.717) is 23.5 Å². The molecule has 2 fully saturated rings. The first-order valence-corrected chi connectivity index (χ1v) is 12.5. The maximum absolute atomic E-state index is 12.3. The van der Waals surface area contributed by atoms with Crippen LogP contribution in [0.25, 0.3) is 0 Å². The number of nitrogens with zero attached hydrogens (tertiary/aromatic N) is 1. The zero-order valence-electron chi connectivity index (χ0n) is 20.3. The molecule has 0 heterocycles. The van der Waals surface area contributed by atoms with Gasteiger partial charge in [-0.05, 0) is 85.4 Å². The Morgan fingerprint density at radius 2 is 1.80 bits per heavy atom. The molecule has 0 aromatic carbocycles. The van der Waals surface area contributed by atoms with E-state index in [0.717, 1.165) is 37.5 Å². The van der Waals surface area contributed by atoms with Gasteiger partial charge in [0.15, 0.2) is 0 Å². The largest absolute Gasteiger partial charge is 0.349 e. The lowest BCUT2D eigenvalue weighted by molar-refractivity contribution is -0.129. The minimum atomic E-state index is 0.173. The molecule has 0 radical (unpaired) electrons.